The summed E-state index contributed by atoms with van der Waals surface area (Å²) in [6.45, 7) is 13.8. The van der Waals surface area contributed by atoms with E-state index in [1.807, 2.05) is 12.3 Å². The largest absolute Gasteiger partial charge is 0.254 e. The molecule has 0 saturated heterocycles. The van der Waals surface area contributed by atoms with Gasteiger partial charge in [-0.1, -0.05) is 96.1 Å². The molecule has 2 heterocycles. The summed E-state index contributed by atoms with van der Waals surface area (Å²) < 4.78 is 0. The molecule has 0 radical (unpaired) electrons. The van der Waals surface area contributed by atoms with Crippen LogP contribution < -0.4 is 0 Å². The molecule has 0 aliphatic carbocycles. The third kappa shape index (κ3) is 4.18. The number of pyridine rings is 2. The zero-order valence-corrected chi connectivity index (χ0v) is 24.4. The Bertz CT molecular complexity index is 2070. The Balaban J connectivity index is 1.54. The van der Waals surface area contributed by atoms with E-state index in [4.69, 9.17) is 9.97 Å². The van der Waals surface area contributed by atoms with Gasteiger partial charge in [-0.05, 0) is 96.9 Å². The van der Waals surface area contributed by atoms with Crippen molar-refractivity contribution in [3.63, 3.8) is 0 Å². The van der Waals surface area contributed by atoms with Gasteiger partial charge in [-0.15, -0.1) is 0 Å². The Kier molecular flexibility index (Phi) is 5.45. The van der Waals surface area contributed by atoms with E-state index in [9.17, 15) is 0 Å². The van der Waals surface area contributed by atoms with E-state index >= 15 is 0 Å². The van der Waals surface area contributed by atoms with Crippen LogP contribution in [0.3, 0.4) is 0 Å². The van der Waals surface area contributed by atoms with Gasteiger partial charge in [-0.3, -0.25) is 9.97 Å². The van der Waals surface area contributed by atoms with Crippen molar-refractivity contribution in [2.24, 2.45) is 10.8 Å². The molecule has 0 bridgehead atoms. The smallest absolute Gasteiger partial charge is 0.0970 e. The molecule has 7 aromatic rings. The van der Waals surface area contributed by atoms with Crippen molar-refractivity contribution in [1.29, 1.82) is 0 Å². The van der Waals surface area contributed by atoms with Gasteiger partial charge in [0.05, 0.1) is 11.0 Å². The molecule has 0 aliphatic heterocycles. The maximum atomic E-state index is 5.14. The summed E-state index contributed by atoms with van der Waals surface area (Å²) in [5.41, 5.74) is 7.39. The van der Waals surface area contributed by atoms with E-state index in [2.05, 4.69) is 114 Å². The van der Waals surface area contributed by atoms with Crippen LogP contribution in [0, 0.1) is 10.8 Å². The number of rotatable bonds is 3. The minimum atomic E-state index is 0.177. The maximum absolute atomic E-state index is 5.14. The Hall–Kier alpha value is -4.04. The summed E-state index contributed by atoms with van der Waals surface area (Å²) in [4.78, 5) is 10.0. The second-order valence-electron chi connectivity index (χ2n) is 13.9. The summed E-state index contributed by atoms with van der Waals surface area (Å²) in [5.74, 6) is 0. The Labute approximate surface area is 236 Å². The Morgan fingerprint density at radius 1 is 0.550 bits per heavy atom. The number of hydrogen-bond acceptors (Lipinski definition) is 2. The van der Waals surface area contributed by atoms with Crippen molar-refractivity contribution in [1.82, 2.24) is 9.97 Å². The van der Waals surface area contributed by atoms with Crippen molar-refractivity contribution >= 4 is 54.1 Å². The van der Waals surface area contributed by atoms with Crippen LogP contribution >= 0.6 is 0 Å². The molecule has 198 valence electrons. The number of benzene rings is 5. The van der Waals surface area contributed by atoms with Crippen LogP contribution in [0.1, 0.15) is 52.8 Å². The third-order valence-corrected chi connectivity index (χ3v) is 8.06. The molecule has 0 spiro atoms. The standard InChI is InChI=1S/C38H36N2/c1-37(2,3)21-26-13-12-24-19-31(29-10-7-9-23-15-17-28(26)34(24)33(23)29)32-20-25-14-16-27(22-38(4,5)6)40-35(25)36-30(32)11-8-18-39-36/h7-20H,21-22H2,1-6H3. The molecular formula is C38H36N2. The van der Waals surface area contributed by atoms with Crippen LogP contribution in [-0.2, 0) is 12.8 Å². The van der Waals surface area contributed by atoms with Gasteiger partial charge in [0.25, 0.3) is 0 Å². The van der Waals surface area contributed by atoms with Crippen molar-refractivity contribution in [3.05, 3.63) is 96.3 Å². The van der Waals surface area contributed by atoms with Crippen LogP contribution in [0.4, 0.5) is 0 Å². The van der Waals surface area contributed by atoms with Gasteiger partial charge in [0, 0.05) is 22.7 Å². The Morgan fingerprint density at radius 2 is 1.23 bits per heavy atom. The summed E-state index contributed by atoms with van der Waals surface area (Å²) in [6.07, 6.45) is 3.88. The SMILES string of the molecule is CC(C)(C)Cc1ccc2cc(-c3cc4ccc(CC(C)(C)C)c5ccc6cccc3c6c45)c3cccnc3c2n1. The van der Waals surface area contributed by atoms with Crippen molar-refractivity contribution in [2.45, 2.75) is 54.4 Å². The summed E-state index contributed by atoms with van der Waals surface area (Å²) in [7, 11) is 0. The summed E-state index contributed by atoms with van der Waals surface area (Å²) in [6, 6.07) is 29.5. The highest BCUT2D eigenvalue weighted by Gasteiger charge is 2.20. The fourth-order valence-electron chi connectivity index (χ4n) is 6.56. The molecule has 2 aromatic heterocycles. The highest BCUT2D eigenvalue weighted by atomic mass is 14.8. The van der Waals surface area contributed by atoms with Gasteiger partial charge in [-0.2, -0.15) is 0 Å². The van der Waals surface area contributed by atoms with Crippen LogP contribution in [0.15, 0.2) is 85.1 Å². The van der Waals surface area contributed by atoms with E-state index in [1.165, 1.54) is 49.0 Å². The lowest BCUT2D eigenvalue weighted by Gasteiger charge is -2.22. The molecule has 0 fully saturated rings. The van der Waals surface area contributed by atoms with E-state index in [-0.39, 0.29) is 10.8 Å². The minimum Gasteiger partial charge on any atom is -0.254 e. The predicted octanol–water partition coefficient (Wildman–Crippen LogP) is 10.5. The highest BCUT2D eigenvalue weighted by molar-refractivity contribution is 6.28. The van der Waals surface area contributed by atoms with Gasteiger partial charge < -0.3 is 0 Å². The molecule has 2 heteroatoms. The maximum Gasteiger partial charge on any atom is 0.0970 e. The monoisotopic (exact) mass is 520 g/mol. The fraction of sp³-hybridized carbons (Fsp3) is 0.263. The van der Waals surface area contributed by atoms with Crippen LogP contribution in [0.5, 0.6) is 0 Å². The van der Waals surface area contributed by atoms with Gasteiger partial charge in [0.1, 0.15) is 0 Å². The molecule has 0 aliphatic rings. The Morgan fingerprint density at radius 3 is 2.02 bits per heavy atom. The van der Waals surface area contributed by atoms with E-state index in [0.29, 0.717) is 0 Å². The minimum absolute atomic E-state index is 0.177. The molecule has 7 rings (SSSR count). The van der Waals surface area contributed by atoms with Crippen molar-refractivity contribution in [2.75, 3.05) is 0 Å². The van der Waals surface area contributed by atoms with Crippen LogP contribution in [0.2, 0.25) is 0 Å². The zero-order chi connectivity index (χ0) is 27.8. The quantitative estimate of drug-likeness (QED) is 0.217. The van der Waals surface area contributed by atoms with E-state index in [0.717, 1.165) is 40.3 Å². The molecule has 40 heavy (non-hydrogen) atoms. The average Bonchev–Trinajstić information content (AvgIpc) is 2.90. The van der Waals surface area contributed by atoms with Crippen molar-refractivity contribution < 1.29 is 0 Å². The van der Waals surface area contributed by atoms with Gasteiger partial charge >= 0.3 is 0 Å². The molecule has 2 nitrogen and oxygen atoms in total. The van der Waals surface area contributed by atoms with Gasteiger partial charge in [0.2, 0.25) is 0 Å². The van der Waals surface area contributed by atoms with E-state index < -0.39 is 0 Å². The molecule has 0 unspecified atom stereocenters. The number of nitrogens with zero attached hydrogens (tertiary/aromatic N) is 2. The first kappa shape index (κ1) is 25.0. The van der Waals surface area contributed by atoms with Crippen LogP contribution in [0.25, 0.3) is 65.3 Å². The molecule has 0 N–H and O–H groups in total. The lowest BCUT2D eigenvalue weighted by Crippen LogP contribution is -2.10. The summed E-state index contributed by atoms with van der Waals surface area (Å²) >= 11 is 0. The number of aromatic nitrogens is 2. The zero-order valence-electron chi connectivity index (χ0n) is 24.4. The van der Waals surface area contributed by atoms with Gasteiger partial charge in [0.15, 0.2) is 0 Å². The average molecular weight is 521 g/mol. The van der Waals surface area contributed by atoms with Gasteiger partial charge in [-0.25, -0.2) is 0 Å². The highest BCUT2D eigenvalue weighted by Crippen LogP contribution is 2.44. The van der Waals surface area contributed by atoms with Crippen molar-refractivity contribution in [3.8, 4) is 11.1 Å². The number of hydrogen-bond donors (Lipinski definition) is 0. The molecule has 0 atom stereocenters. The van der Waals surface area contributed by atoms with Crippen LogP contribution in [-0.4, -0.2) is 9.97 Å². The van der Waals surface area contributed by atoms with E-state index in [1.54, 1.807) is 0 Å². The molecule has 0 saturated carbocycles. The number of fused-ring (bicyclic) bond motifs is 3. The topological polar surface area (TPSA) is 25.8 Å². The first-order valence-corrected chi connectivity index (χ1v) is 14.4. The fourth-order valence-corrected chi connectivity index (χ4v) is 6.56. The molecule has 5 aromatic carbocycles. The molecular weight excluding hydrogens is 484 g/mol. The normalized spacial score (nSPS) is 12.9. The lowest BCUT2D eigenvalue weighted by molar-refractivity contribution is 0.407. The summed E-state index contributed by atoms with van der Waals surface area (Å²) in [5, 5.41) is 10.3. The second kappa shape index (κ2) is 8.73. The first-order chi connectivity index (χ1) is 19.1. The predicted molar refractivity (Wildman–Crippen MR) is 173 cm³/mol. The second-order valence-corrected chi connectivity index (χ2v) is 13.9. The molecule has 0 amide bonds. The lowest BCUT2D eigenvalue weighted by atomic mass is 9.82. The first-order valence-electron chi connectivity index (χ1n) is 14.4. The third-order valence-electron chi connectivity index (χ3n) is 8.06.